The van der Waals surface area contributed by atoms with Gasteiger partial charge in [-0.15, -0.1) is 10.2 Å². The lowest BCUT2D eigenvalue weighted by atomic mass is 10.1. The highest BCUT2D eigenvalue weighted by atomic mass is 16.2. The third-order valence-corrected chi connectivity index (χ3v) is 4.89. The summed E-state index contributed by atoms with van der Waals surface area (Å²) in [6.45, 7) is 10.7. The monoisotopic (exact) mass is 344 g/mol. The number of carbonyl (C=O) groups is 1. The van der Waals surface area contributed by atoms with Gasteiger partial charge in [0, 0.05) is 37.8 Å². The Bertz CT molecular complexity index is 773. The molecule has 0 aromatic carbocycles. The summed E-state index contributed by atoms with van der Waals surface area (Å²) < 4.78 is 4.16. The Morgan fingerprint density at radius 3 is 2.76 bits per heavy atom. The molecule has 1 aliphatic heterocycles. The average molecular weight is 344 g/mol. The zero-order valence-electron chi connectivity index (χ0n) is 15.9. The van der Waals surface area contributed by atoms with Crippen LogP contribution in [0.25, 0.3) is 0 Å². The van der Waals surface area contributed by atoms with Crippen LogP contribution in [0.3, 0.4) is 0 Å². The molecule has 0 atom stereocenters. The minimum Gasteiger partial charge on any atom is -0.338 e. The fraction of sp³-hybridized carbons (Fsp3) is 0.667. The minimum atomic E-state index is 0.0886. The van der Waals surface area contributed by atoms with E-state index in [1.807, 2.05) is 18.7 Å². The van der Waals surface area contributed by atoms with Crippen LogP contribution in [0.15, 0.2) is 0 Å². The largest absolute Gasteiger partial charge is 0.338 e. The normalized spacial score (nSPS) is 13.5. The second-order valence-corrected chi connectivity index (χ2v) is 7.44. The third kappa shape index (κ3) is 3.60. The summed E-state index contributed by atoms with van der Waals surface area (Å²) >= 11 is 0. The highest BCUT2D eigenvalue weighted by Gasteiger charge is 2.22. The van der Waals surface area contributed by atoms with Crippen LogP contribution in [0.4, 0.5) is 0 Å². The van der Waals surface area contributed by atoms with E-state index in [0.29, 0.717) is 18.9 Å². The summed E-state index contributed by atoms with van der Waals surface area (Å²) in [5.74, 6) is 2.54. The summed E-state index contributed by atoms with van der Waals surface area (Å²) in [5.41, 5.74) is 3.09. The zero-order chi connectivity index (χ0) is 18.1. The summed E-state index contributed by atoms with van der Waals surface area (Å²) in [6, 6.07) is 0. The number of hydrogen-bond donors (Lipinski definition) is 0. The lowest BCUT2D eigenvalue weighted by Gasteiger charge is -2.17. The number of amides is 1. The van der Waals surface area contributed by atoms with E-state index < -0.39 is 0 Å². The first-order chi connectivity index (χ1) is 11.9. The van der Waals surface area contributed by atoms with Crippen molar-refractivity contribution in [3.05, 3.63) is 28.6 Å². The fourth-order valence-corrected chi connectivity index (χ4v) is 3.43. The van der Waals surface area contributed by atoms with Crippen LogP contribution in [0.5, 0.6) is 0 Å². The maximum absolute atomic E-state index is 12.7. The topological polar surface area (TPSA) is 68.8 Å². The number of likely N-dealkylation sites (N-methyl/N-ethyl adjacent to an activating group) is 1. The van der Waals surface area contributed by atoms with Gasteiger partial charge in [-0.25, -0.2) is 0 Å². The lowest BCUT2D eigenvalue weighted by molar-refractivity contribution is -0.129. The van der Waals surface area contributed by atoms with E-state index in [2.05, 4.69) is 40.6 Å². The van der Waals surface area contributed by atoms with Crippen molar-refractivity contribution in [1.29, 1.82) is 0 Å². The van der Waals surface area contributed by atoms with Gasteiger partial charge in [0.2, 0.25) is 5.91 Å². The molecule has 0 aliphatic carbocycles. The number of hydrogen-bond acceptors (Lipinski definition) is 4. The molecule has 3 heterocycles. The highest BCUT2D eigenvalue weighted by Crippen LogP contribution is 2.18. The van der Waals surface area contributed by atoms with Gasteiger partial charge in [0.05, 0.1) is 18.7 Å². The predicted molar refractivity (Wildman–Crippen MR) is 95.1 cm³/mol. The summed E-state index contributed by atoms with van der Waals surface area (Å²) in [6.07, 6.45) is 2.48. The van der Waals surface area contributed by atoms with E-state index in [1.54, 1.807) is 4.90 Å². The molecule has 136 valence electrons. The highest BCUT2D eigenvalue weighted by molar-refractivity contribution is 5.79. The van der Waals surface area contributed by atoms with E-state index in [-0.39, 0.29) is 5.91 Å². The van der Waals surface area contributed by atoms with Crippen LogP contribution in [-0.4, -0.2) is 42.4 Å². The van der Waals surface area contributed by atoms with Gasteiger partial charge < -0.3 is 9.47 Å². The van der Waals surface area contributed by atoms with Gasteiger partial charge in [0.1, 0.15) is 5.82 Å². The molecule has 0 spiro atoms. The molecule has 2 aromatic heterocycles. The number of aryl methyl sites for hydroxylation is 2. The standard InChI is InChI=1S/C18H28N6O/c1-12(2)10-24-14(4)15(13(3)21-24)9-18(25)22(5)11-17-20-19-16-7-6-8-23(16)17/h12H,6-11H2,1-5H3. The number of rotatable bonds is 6. The van der Waals surface area contributed by atoms with E-state index >= 15 is 0 Å². The Hall–Kier alpha value is -2.18. The molecule has 0 N–H and O–H groups in total. The van der Waals surface area contributed by atoms with E-state index in [0.717, 1.165) is 54.5 Å². The number of fused-ring (bicyclic) bond motifs is 1. The van der Waals surface area contributed by atoms with Crippen molar-refractivity contribution in [3.8, 4) is 0 Å². The van der Waals surface area contributed by atoms with Crippen LogP contribution in [0, 0.1) is 19.8 Å². The Balaban J connectivity index is 1.68. The van der Waals surface area contributed by atoms with Crippen molar-refractivity contribution < 1.29 is 4.79 Å². The van der Waals surface area contributed by atoms with Crippen molar-refractivity contribution in [2.45, 2.75) is 66.6 Å². The quantitative estimate of drug-likeness (QED) is 0.802. The van der Waals surface area contributed by atoms with Crippen molar-refractivity contribution in [2.75, 3.05) is 7.05 Å². The fourth-order valence-electron chi connectivity index (χ4n) is 3.43. The van der Waals surface area contributed by atoms with Gasteiger partial charge in [0.25, 0.3) is 0 Å². The van der Waals surface area contributed by atoms with Gasteiger partial charge in [0.15, 0.2) is 5.82 Å². The molecule has 0 saturated carbocycles. The average Bonchev–Trinajstić information content (AvgIpc) is 3.20. The number of carbonyl (C=O) groups excluding carboxylic acids is 1. The first-order valence-electron chi connectivity index (χ1n) is 9.04. The molecule has 7 nitrogen and oxygen atoms in total. The van der Waals surface area contributed by atoms with Gasteiger partial charge in [-0.2, -0.15) is 5.10 Å². The third-order valence-electron chi connectivity index (χ3n) is 4.89. The molecule has 0 fully saturated rings. The maximum atomic E-state index is 12.7. The Morgan fingerprint density at radius 1 is 1.28 bits per heavy atom. The minimum absolute atomic E-state index is 0.0886. The predicted octanol–water partition coefficient (Wildman–Crippen LogP) is 1.89. The van der Waals surface area contributed by atoms with Crippen molar-refractivity contribution in [2.24, 2.45) is 5.92 Å². The van der Waals surface area contributed by atoms with Gasteiger partial charge in [-0.3, -0.25) is 9.48 Å². The van der Waals surface area contributed by atoms with Gasteiger partial charge >= 0.3 is 0 Å². The Kier molecular flexibility index (Phi) is 4.92. The summed E-state index contributed by atoms with van der Waals surface area (Å²) in [5, 5.41) is 13.1. The molecular formula is C18H28N6O. The molecule has 25 heavy (non-hydrogen) atoms. The van der Waals surface area contributed by atoms with Crippen molar-refractivity contribution in [1.82, 2.24) is 29.4 Å². The van der Waals surface area contributed by atoms with Crippen LogP contribution in [-0.2, 0) is 37.3 Å². The van der Waals surface area contributed by atoms with Crippen LogP contribution in [0.1, 0.15) is 48.9 Å². The van der Waals surface area contributed by atoms with Crippen molar-refractivity contribution >= 4 is 5.91 Å². The molecular weight excluding hydrogens is 316 g/mol. The molecule has 1 amide bonds. The van der Waals surface area contributed by atoms with E-state index in [1.165, 1.54) is 0 Å². The smallest absolute Gasteiger partial charge is 0.227 e. The lowest BCUT2D eigenvalue weighted by Crippen LogP contribution is -2.29. The molecule has 7 heteroatoms. The number of aromatic nitrogens is 5. The van der Waals surface area contributed by atoms with Crippen LogP contribution >= 0.6 is 0 Å². The second kappa shape index (κ2) is 6.98. The summed E-state index contributed by atoms with van der Waals surface area (Å²) in [7, 11) is 1.84. The number of nitrogens with zero attached hydrogens (tertiary/aromatic N) is 6. The molecule has 1 aliphatic rings. The summed E-state index contributed by atoms with van der Waals surface area (Å²) in [4.78, 5) is 14.5. The molecule has 0 saturated heterocycles. The van der Waals surface area contributed by atoms with Crippen LogP contribution < -0.4 is 0 Å². The van der Waals surface area contributed by atoms with Gasteiger partial charge in [-0.05, 0) is 26.2 Å². The Morgan fingerprint density at radius 2 is 2.04 bits per heavy atom. The van der Waals surface area contributed by atoms with Crippen LogP contribution in [0.2, 0.25) is 0 Å². The van der Waals surface area contributed by atoms with Crippen molar-refractivity contribution in [3.63, 3.8) is 0 Å². The second-order valence-electron chi connectivity index (χ2n) is 7.44. The Labute approximate surface area is 149 Å². The molecule has 0 unspecified atom stereocenters. The first-order valence-corrected chi connectivity index (χ1v) is 9.04. The molecule has 2 aromatic rings. The molecule has 0 bridgehead atoms. The zero-order valence-corrected chi connectivity index (χ0v) is 15.9. The van der Waals surface area contributed by atoms with E-state index in [9.17, 15) is 4.79 Å². The SMILES string of the molecule is Cc1nn(CC(C)C)c(C)c1CC(=O)N(C)Cc1nnc2n1CCC2. The first kappa shape index (κ1) is 17.6. The van der Waals surface area contributed by atoms with E-state index in [4.69, 9.17) is 0 Å². The molecule has 0 radical (unpaired) electrons. The maximum Gasteiger partial charge on any atom is 0.227 e. The van der Waals surface area contributed by atoms with Gasteiger partial charge in [-0.1, -0.05) is 13.8 Å². The molecule has 3 rings (SSSR count).